The number of nitrogens with one attached hydrogen (secondary N) is 2. The van der Waals surface area contributed by atoms with Crippen molar-refractivity contribution in [3.05, 3.63) is 80.4 Å². The van der Waals surface area contributed by atoms with Crippen LogP contribution < -0.4 is 21.1 Å². The summed E-state index contributed by atoms with van der Waals surface area (Å²) in [4.78, 5) is 38.8. The molecule has 5 aromatic rings. The number of carboxylic acids is 1. The number of nitrogens with zero attached hydrogens (tertiary/aromatic N) is 4. The Morgan fingerprint density at radius 1 is 1.15 bits per heavy atom. The van der Waals surface area contributed by atoms with Gasteiger partial charge in [0.1, 0.15) is 11.4 Å². The van der Waals surface area contributed by atoms with E-state index >= 15 is 0 Å². The number of aromatic hydroxyl groups is 1. The zero-order valence-corrected chi connectivity index (χ0v) is 21.9. The highest BCUT2D eigenvalue weighted by atomic mass is 32.1. The van der Waals surface area contributed by atoms with Gasteiger partial charge in [0.25, 0.3) is 0 Å². The number of aromatic nitrogens is 5. The fourth-order valence-electron chi connectivity index (χ4n) is 3.99. The highest BCUT2D eigenvalue weighted by molar-refractivity contribution is 7.15. The van der Waals surface area contributed by atoms with Crippen LogP contribution in [0.25, 0.3) is 22.3 Å². The van der Waals surface area contributed by atoms with Crippen molar-refractivity contribution in [2.45, 2.75) is 32.6 Å². The molecule has 0 fully saturated rings. The van der Waals surface area contributed by atoms with Crippen LogP contribution >= 0.6 is 11.3 Å². The van der Waals surface area contributed by atoms with Crippen LogP contribution in [0.1, 0.15) is 36.3 Å². The van der Waals surface area contributed by atoms with E-state index in [1.165, 1.54) is 0 Å². The summed E-state index contributed by atoms with van der Waals surface area (Å²) in [6, 6.07) is 13.3. The molecule has 12 heteroatoms. The number of unbranched alkanes of at least 4 members (excludes halogenated alkanes) is 2. The number of carbonyl (C=O) groups is 1. The molecular formula is C27H26N6O5S. The highest BCUT2D eigenvalue weighted by Gasteiger charge is 2.11. The number of H-pyrrole nitrogens is 2. The second-order valence-electron chi connectivity index (χ2n) is 8.89. The number of aliphatic carboxylic acids is 1. The molecule has 4 N–H and O–H groups in total. The lowest BCUT2D eigenvalue weighted by Gasteiger charge is -2.06. The Morgan fingerprint density at radius 3 is 2.67 bits per heavy atom. The number of hydrogen-bond acceptors (Lipinski definition) is 8. The van der Waals surface area contributed by atoms with Gasteiger partial charge in [0.2, 0.25) is 5.88 Å². The van der Waals surface area contributed by atoms with Crippen molar-refractivity contribution in [2.75, 3.05) is 6.61 Å². The number of aryl methyl sites for hydroxylation is 1. The monoisotopic (exact) mass is 546 g/mol. The lowest BCUT2D eigenvalue weighted by atomic mass is 10.2. The summed E-state index contributed by atoms with van der Waals surface area (Å²) in [7, 11) is 0. The molecule has 0 bridgehead atoms. The standard InChI is InChI=1S/C27H26N6O5S/c1-16-6-11-22(39-16)20-14-23(29-18-7-9-19(10-8-18)38-12-4-2-3-5-24(34)35)33-25(30-20)17(15-28-33)13-21-26(36)32-27(37)31-21/h6-11,13-15,36H,2-5,12H2,1H3,(H,34,35)(H2,31,32,37). The van der Waals surface area contributed by atoms with Gasteiger partial charge in [0, 0.05) is 22.6 Å². The third-order valence-corrected chi connectivity index (χ3v) is 6.92. The smallest absolute Gasteiger partial charge is 0.326 e. The normalized spacial score (nSPS) is 12.4. The SMILES string of the molecule is Cc1ccc(-c2cc(=Nc3ccc(OCCCCCC(=O)O)cc3)n3ncc(=Cc4[nH]c(=O)[nH]c4O)c3n2)s1. The molecule has 0 unspecified atom stereocenters. The lowest BCUT2D eigenvalue weighted by molar-refractivity contribution is -0.137. The number of aromatic amines is 2. The van der Waals surface area contributed by atoms with Gasteiger partial charge in [-0.1, -0.05) is 0 Å². The van der Waals surface area contributed by atoms with E-state index in [1.807, 2.05) is 49.4 Å². The van der Waals surface area contributed by atoms with Gasteiger partial charge < -0.3 is 19.9 Å². The Hall–Kier alpha value is -4.71. The summed E-state index contributed by atoms with van der Waals surface area (Å²) in [5, 5.41) is 23.8. The first kappa shape index (κ1) is 25.9. The molecule has 0 amide bonds. The van der Waals surface area contributed by atoms with Gasteiger partial charge in [0.05, 0.1) is 29.1 Å². The van der Waals surface area contributed by atoms with Gasteiger partial charge in [-0.25, -0.2) is 14.8 Å². The van der Waals surface area contributed by atoms with Crippen molar-refractivity contribution in [3.8, 4) is 22.2 Å². The molecule has 200 valence electrons. The van der Waals surface area contributed by atoms with Gasteiger partial charge in [-0.2, -0.15) is 9.61 Å². The molecule has 0 aliphatic rings. The van der Waals surface area contributed by atoms with Crippen molar-refractivity contribution < 1.29 is 19.7 Å². The van der Waals surface area contributed by atoms with Crippen LogP contribution in [0.15, 0.2) is 58.4 Å². The number of carboxylic acid groups (broad SMARTS) is 1. The van der Waals surface area contributed by atoms with E-state index < -0.39 is 11.7 Å². The third kappa shape index (κ3) is 6.24. The molecule has 0 saturated heterocycles. The zero-order valence-electron chi connectivity index (χ0n) is 21.0. The Balaban J connectivity index is 1.47. The molecule has 0 saturated carbocycles. The number of fused-ring (bicyclic) bond motifs is 1. The maximum atomic E-state index is 11.6. The van der Waals surface area contributed by atoms with Gasteiger partial charge >= 0.3 is 11.7 Å². The van der Waals surface area contributed by atoms with E-state index in [9.17, 15) is 14.7 Å². The molecule has 5 rings (SSSR count). The molecule has 11 nitrogen and oxygen atoms in total. The largest absolute Gasteiger partial charge is 0.494 e. The number of imidazole rings is 1. The summed E-state index contributed by atoms with van der Waals surface area (Å²) in [5.41, 5.74) is 2.20. The molecule has 4 aromatic heterocycles. The molecule has 0 aliphatic carbocycles. The quantitative estimate of drug-likeness (QED) is 0.196. The van der Waals surface area contributed by atoms with Crippen LogP contribution in [0, 0.1) is 6.92 Å². The number of hydrogen-bond donors (Lipinski definition) is 4. The van der Waals surface area contributed by atoms with E-state index in [0.717, 1.165) is 28.3 Å². The summed E-state index contributed by atoms with van der Waals surface area (Å²) < 4.78 is 7.38. The molecule has 39 heavy (non-hydrogen) atoms. The van der Waals surface area contributed by atoms with Crippen molar-refractivity contribution in [1.82, 2.24) is 24.6 Å². The van der Waals surface area contributed by atoms with Gasteiger partial charge in [0.15, 0.2) is 11.1 Å². The fraction of sp³-hybridized carbons (Fsp3) is 0.222. The fourth-order valence-corrected chi connectivity index (χ4v) is 4.81. The molecule has 0 spiro atoms. The molecular weight excluding hydrogens is 520 g/mol. The van der Waals surface area contributed by atoms with E-state index in [-0.39, 0.29) is 18.0 Å². The van der Waals surface area contributed by atoms with E-state index in [2.05, 4.69) is 15.1 Å². The minimum atomic E-state index is -0.778. The number of ether oxygens (including phenoxy) is 1. The Kier molecular flexibility index (Phi) is 7.55. The molecule has 4 heterocycles. The third-order valence-electron chi connectivity index (χ3n) is 5.89. The second kappa shape index (κ2) is 11.4. The minimum absolute atomic E-state index is 0.177. The number of rotatable bonds is 10. The average molecular weight is 547 g/mol. The average Bonchev–Trinajstić information content (AvgIpc) is 3.61. The zero-order chi connectivity index (χ0) is 27.4. The van der Waals surface area contributed by atoms with E-state index in [4.69, 9.17) is 19.8 Å². The summed E-state index contributed by atoms with van der Waals surface area (Å²) in [5.74, 6) is -0.338. The van der Waals surface area contributed by atoms with Crippen LogP contribution in [-0.4, -0.2) is 47.4 Å². The van der Waals surface area contributed by atoms with Gasteiger partial charge in [-0.3, -0.25) is 9.78 Å². The predicted molar refractivity (Wildman–Crippen MR) is 146 cm³/mol. The molecule has 0 radical (unpaired) electrons. The second-order valence-corrected chi connectivity index (χ2v) is 10.2. The van der Waals surface area contributed by atoms with Crippen LogP contribution in [0.3, 0.4) is 0 Å². The van der Waals surface area contributed by atoms with Crippen LogP contribution in [-0.2, 0) is 4.79 Å². The first-order valence-electron chi connectivity index (χ1n) is 12.3. The molecule has 1 aromatic carbocycles. The van der Waals surface area contributed by atoms with Crippen molar-refractivity contribution >= 4 is 34.7 Å². The maximum absolute atomic E-state index is 11.6. The van der Waals surface area contributed by atoms with E-state index in [0.29, 0.717) is 40.8 Å². The highest BCUT2D eigenvalue weighted by Crippen LogP contribution is 2.25. The topological polar surface area (TPSA) is 158 Å². The number of thiophene rings is 1. The first-order chi connectivity index (χ1) is 18.9. The Bertz CT molecular complexity index is 1800. The van der Waals surface area contributed by atoms with Crippen LogP contribution in [0.5, 0.6) is 11.6 Å². The number of benzene rings is 1. The van der Waals surface area contributed by atoms with Crippen molar-refractivity contribution in [2.24, 2.45) is 4.99 Å². The van der Waals surface area contributed by atoms with Crippen molar-refractivity contribution in [3.63, 3.8) is 0 Å². The summed E-state index contributed by atoms with van der Waals surface area (Å²) in [6.07, 6.45) is 5.60. The minimum Gasteiger partial charge on any atom is -0.494 e. The Morgan fingerprint density at radius 2 is 1.97 bits per heavy atom. The van der Waals surface area contributed by atoms with E-state index in [1.54, 1.807) is 28.1 Å². The van der Waals surface area contributed by atoms with Crippen molar-refractivity contribution in [1.29, 1.82) is 0 Å². The van der Waals surface area contributed by atoms with Crippen LogP contribution in [0.4, 0.5) is 5.69 Å². The summed E-state index contributed by atoms with van der Waals surface area (Å²) in [6.45, 7) is 2.54. The first-order valence-corrected chi connectivity index (χ1v) is 13.2. The predicted octanol–water partition coefficient (Wildman–Crippen LogP) is 3.29. The maximum Gasteiger partial charge on any atom is 0.326 e. The van der Waals surface area contributed by atoms with Gasteiger partial charge in [-0.15, -0.1) is 11.3 Å². The summed E-state index contributed by atoms with van der Waals surface area (Å²) >= 11 is 1.62. The lowest BCUT2D eigenvalue weighted by Crippen LogP contribution is -2.18. The molecule has 0 atom stereocenters. The Labute approximate surface area is 225 Å². The van der Waals surface area contributed by atoms with Crippen LogP contribution in [0.2, 0.25) is 0 Å². The van der Waals surface area contributed by atoms with Gasteiger partial charge in [-0.05, 0) is 68.7 Å². The molecule has 0 aliphatic heterocycles.